The Morgan fingerprint density at radius 3 is 2.57 bits per heavy atom. The first-order chi connectivity index (χ1) is 13.3. The molecule has 0 bridgehead atoms. The second-order valence-corrected chi connectivity index (χ2v) is 7.01. The fourth-order valence-corrected chi connectivity index (χ4v) is 3.28. The number of hydrogen-bond acceptors (Lipinski definition) is 2. The van der Waals surface area contributed by atoms with Crippen LogP contribution in [0.4, 0.5) is 18.9 Å². The van der Waals surface area contributed by atoms with Crippen LogP contribution in [0.2, 0.25) is 0 Å². The summed E-state index contributed by atoms with van der Waals surface area (Å²) < 4.78 is 38.7. The van der Waals surface area contributed by atoms with Gasteiger partial charge in [0.1, 0.15) is 0 Å². The van der Waals surface area contributed by atoms with Crippen molar-refractivity contribution in [2.24, 2.45) is 5.92 Å². The molecule has 0 aromatic heterocycles. The zero-order chi connectivity index (χ0) is 20.3. The highest BCUT2D eigenvalue weighted by Gasteiger charge is 2.36. The Morgan fingerprint density at radius 1 is 1.18 bits per heavy atom. The Hall–Kier alpha value is -2.83. The van der Waals surface area contributed by atoms with E-state index in [0.29, 0.717) is 6.54 Å². The molecule has 3 rings (SSSR count). The highest BCUT2D eigenvalue weighted by molar-refractivity contribution is 6.00. The molecule has 1 fully saturated rings. The van der Waals surface area contributed by atoms with Crippen molar-refractivity contribution in [3.63, 3.8) is 0 Å². The van der Waals surface area contributed by atoms with Crippen molar-refractivity contribution in [1.29, 1.82) is 0 Å². The van der Waals surface area contributed by atoms with Crippen molar-refractivity contribution in [2.45, 2.75) is 25.4 Å². The number of alkyl halides is 3. The molecule has 2 aromatic carbocycles. The van der Waals surface area contributed by atoms with Gasteiger partial charge in [0.2, 0.25) is 11.8 Å². The molecule has 1 heterocycles. The lowest BCUT2D eigenvalue weighted by Gasteiger charge is -2.19. The van der Waals surface area contributed by atoms with E-state index >= 15 is 0 Å². The van der Waals surface area contributed by atoms with Crippen LogP contribution in [0.15, 0.2) is 54.6 Å². The number of nitrogens with zero attached hydrogens (tertiary/aromatic N) is 1. The van der Waals surface area contributed by atoms with Crippen LogP contribution in [0.1, 0.15) is 30.4 Å². The molecule has 0 aliphatic carbocycles. The van der Waals surface area contributed by atoms with Crippen molar-refractivity contribution >= 4 is 17.5 Å². The van der Waals surface area contributed by atoms with E-state index in [1.54, 1.807) is 0 Å². The van der Waals surface area contributed by atoms with Crippen molar-refractivity contribution < 1.29 is 22.8 Å². The third kappa shape index (κ3) is 4.52. The minimum absolute atomic E-state index is 0.0121. The maximum Gasteiger partial charge on any atom is 0.416 e. The van der Waals surface area contributed by atoms with Gasteiger partial charge in [-0.3, -0.25) is 9.59 Å². The number of halogens is 3. The molecule has 7 heteroatoms. The number of amides is 2. The molecule has 0 spiro atoms. The largest absolute Gasteiger partial charge is 0.416 e. The number of hydrogen-bond donors (Lipinski definition) is 1. The van der Waals surface area contributed by atoms with E-state index in [0.717, 1.165) is 17.7 Å². The molecular weight excluding hydrogens is 369 g/mol. The smallest absolute Gasteiger partial charge is 0.355 e. The first-order valence-electron chi connectivity index (χ1n) is 9.06. The van der Waals surface area contributed by atoms with E-state index in [9.17, 15) is 22.8 Å². The number of carbonyl (C=O) groups excluding carboxylic acids is 2. The molecule has 0 unspecified atom stereocenters. The fourth-order valence-electron chi connectivity index (χ4n) is 3.28. The summed E-state index contributed by atoms with van der Waals surface area (Å²) in [6.07, 6.45) is -4.50. The van der Waals surface area contributed by atoms with Gasteiger partial charge in [0.05, 0.1) is 11.5 Å². The summed E-state index contributed by atoms with van der Waals surface area (Å²) in [4.78, 5) is 26.0. The number of carbonyl (C=O) groups is 2. The predicted molar refractivity (Wildman–Crippen MR) is 99.8 cm³/mol. The van der Waals surface area contributed by atoms with E-state index in [-0.39, 0.29) is 36.4 Å². The second-order valence-electron chi connectivity index (χ2n) is 7.01. The van der Waals surface area contributed by atoms with Crippen molar-refractivity contribution in [1.82, 2.24) is 5.32 Å². The Balaban J connectivity index is 1.62. The summed E-state index contributed by atoms with van der Waals surface area (Å²) in [6, 6.07) is 14.3. The minimum atomic E-state index is -4.48. The highest BCUT2D eigenvalue weighted by Crippen LogP contribution is 2.33. The van der Waals surface area contributed by atoms with E-state index in [1.807, 2.05) is 37.3 Å². The molecule has 148 valence electrons. The second kappa shape index (κ2) is 8.04. The summed E-state index contributed by atoms with van der Waals surface area (Å²) >= 11 is 0. The molecule has 2 aromatic rings. The average Bonchev–Trinajstić information content (AvgIpc) is 3.08. The van der Waals surface area contributed by atoms with Gasteiger partial charge in [-0.1, -0.05) is 43.3 Å². The van der Waals surface area contributed by atoms with Gasteiger partial charge in [-0.05, 0) is 29.7 Å². The lowest BCUT2D eigenvalue weighted by atomic mass is 10.0. The topological polar surface area (TPSA) is 49.4 Å². The number of benzene rings is 2. The van der Waals surface area contributed by atoms with Crippen molar-refractivity contribution in [3.05, 3.63) is 65.7 Å². The Bertz CT molecular complexity index is 852. The van der Waals surface area contributed by atoms with Crippen LogP contribution in [-0.2, 0) is 15.8 Å². The summed E-state index contributed by atoms with van der Waals surface area (Å²) in [5, 5.41) is 2.85. The van der Waals surface area contributed by atoms with E-state index in [4.69, 9.17) is 0 Å². The van der Waals surface area contributed by atoms with Gasteiger partial charge in [-0.15, -0.1) is 0 Å². The molecule has 1 saturated heterocycles. The summed E-state index contributed by atoms with van der Waals surface area (Å²) in [7, 11) is 0. The zero-order valence-corrected chi connectivity index (χ0v) is 15.4. The van der Waals surface area contributed by atoms with Crippen LogP contribution in [0.25, 0.3) is 0 Å². The molecule has 0 radical (unpaired) electrons. The van der Waals surface area contributed by atoms with Crippen LogP contribution in [-0.4, -0.2) is 24.9 Å². The van der Waals surface area contributed by atoms with Gasteiger partial charge in [-0.25, -0.2) is 0 Å². The van der Waals surface area contributed by atoms with Gasteiger partial charge in [0.25, 0.3) is 0 Å². The number of nitrogens with one attached hydrogen (secondary N) is 1. The first-order valence-corrected chi connectivity index (χ1v) is 9.06. The monoisotopic (exact) mass is 390 g/mol. The third-order valence-corrected chi connectivity index (χ3v) is 4.93. The number of rotatable bonds is 5. The molecule has 4 nitrogen and oxygen atoms in total. The van der Waals surface area contributed by atoms with Crippen LogP contribution in [0.3, 0.4) is 0 Å². The Kier molecular flexibility index (Phi) is 5.72. The van der Waals surface area contributed by atoms with Crippen LogP contribution in [0, 0.1) is 5.92 Å². The van der Waals surface area contributed by atoms with Crippen LogP contribution >= 0.6 is 0 Å². The molecule has 2 amide bonds. The zero-order valence-electron chi connectivity index (χ0n) is 15.4. The van der Waals surface area contributed by atoms with E-state index in [2.05, 4.69) is 5.32 Å². The van der Waals surface area contributed by atoms with Crippen LogP contribution < -0.4 is 10.2 Å². The Labute approximate surface area is 161 Å². The van der Waals surface area contributed by atoms with Gasteiger partial charge >= 0.3 is 6.18 Å². The summed E-state index contributed by atoms with van der Waals surface area (Å²) in [5.41, 5.74) is 0.436. The molecule has 0 saturated carbocycles. The SMILES string of the molecule is C[C@H](CNC(=O)[C@H]1CC(=O)N(c2cccc(C(F)(F)F)c2)C1)c1ccccc1. The summed E-state index contributed by atoms with van der Waals surface area (Å²) in [6.45, 7) is 2.49. The normalized spacial score (nSPS) is 18.2. The molecule has 2 atom stereocenters. The molecule has 28 heavy (non-hydrogen) atoms. The van der Waals surface area contributed by atoms with Gasteiger partial charge in [0.15, 0.2) is 0 Å². The standard InChI is InChI=1S/C21H21F3N2O2/c1-14(15-6-3-2-4-7-15)12-25-20(28)16-10-19(27)26(13-16)18-9-5-8-17(11-18)21(22,23)24/h2-9,11,14,16H,10,12-13H2,1H3,(H,25,28)/t14-,16+/m1/s1. The van der Waals surface area contributed by atoms with Crippen molar-refractivity contribution in [3.8, 4) is 0 Å². The quantitative estimate of drug-likeness (QED) is 0.840. The summed E-state index contributed by atoms with van der Waals surface area (Å²) in [5.74, 6) is -1.08. The van der Waals surface area contributed by atoms with Crippen LogP contribution in [0.5, 0.6) is 0 Å². The highest BCUT2D eigenvalue weighted by atomic mass is 19.4. The first kappa shape index (κ1) is 19.9. The van der Waals surface area contributed by atoms with E-state index in [1.165, 1.54) is 17.0 Å². The molecule has 1 N–H and O–H groups in total. The molecule has 1 aliphatic rings. The van der Waals surface area contributed by atoms with E-state index < -0.39 is 17.7 Å². The number of anilines is 1. The fraction of sp³-hybridized carbons (Fsp3) is 0.333. The lowest BCUT2D eigenvalue weighted by molar-refractivity contribution is -0.137. The average molecular weight is 390 g/mol. The third-order valence-electron chi connectivity index (χ3n) is 4.93. The Morgan fingerprint density at radius 2 is 1.89 bits per heavy atom. The van der Waals surface area contributed by atoms with Gasteiger partial charge < -0.3 is 10.2 Å². The van der Waals surface area contributed by atoms with Gasteiger partial charge in [-0.2, -0.15) is 13.2 Å². The molecular formula is C21H21F3N2O2. The maximum absolute atomic E-state index is 12.9. The van der Waals surface area contributed by atoms with Crippen molar-refractivity contribution in [2.75, 3.05) is 18.0 Å². The lowest BCUT2D eigenvalue weighted by Crippen LogP contribution is -2.35. The predicted octanol–water partition coefficient (Wildman–Crippen LogP) is 3.98. The maximum atomic E-state index is 12.9. The molecule has 1 aliphatic heterocycles. The van der Waals surface area contributed by atoms with Gasteiger partial charge in [0, 0.05) is 25.2 Å². The minimum Gasteiger partial charge on any atom is -0.355 e.